The van der Waals surface area contributed by atoms with Gasteiger partial charge in [0.2, 0.25) is 0 Å². The van der Waals surface area contributed by atoms with E-state index in [4.69, 9.17) is 19.6 Å². The highest BCUT2D eigenvalue weighted by molar-refractivity contribution is 9.10. The van der Waals surface area contributed by atoms with E-state index < -0.39 is 0 Å². The van der Waals surface area contributed by atoms with Gasteiger partial charge in [-0.2, -0.15) is 0 Å². The summed E-state index contributed by atoms with van der Waals surface area (Å²) in [6.07, 6.45) is 0.890. The summed E-state index contributed by atoms with van der Waals surface area (Å²) < 4.78 is 17.4. The van der Waals surface area contributed by atoms with E-state index in [0.29, 0.717) is 23.6 Å². The fourth-order valence-electron chi connectivity index (χ4n) is 2.03. The molecule has 19 heavy (non-hydrogen) atoms. The van der Waals surface area contributed by atoms with Crippen LogP contribution < -0.4 is 15.2 Å². The van der Waals surface area contributed by atoms with Crippen molar-refractivity contribution in [3.8, 4) is 11.5 Å². The maximum absolute atomic E-state index is 6.19. The van der Waals surface area contributed by atoms with Gasteiger partial charge in [-0.15, -0.1) is 0 Å². The largest absolute Gasteiger partial charge is 0.490 e. The number of ether oxygens (including phenoxy) is 2. The number of benzene rings is 1. The van der Waals surface area contributed by atoms with Crippen molar-refractivity contribution in [2.45, 2.75) is 12.5 Å². The molecule has 1 aliphatic rings. The molecule has 0 saturated heterocycles. The summed E-state index contributed by atoms with van der Waals surface area (Å²) in [6.45, 7) is 1.35. The summed E-state index contributed by atoms with van der Waals surface area (Å²) in [7, 11) is 0. The van der Waals surface area contributed by atoms with Gasteiger partial charge in [0.1, 0.15) is 5.76 Å². The Labute approximate surface area is 119 Å². The molecule has 0 spiro atoms. The van der Waals surface area contributed by atoms with Crippen LogP contribution in [0.15, 0.2) is 39.4 Å². The Morgan fingerprint density at radius 1 is 1.05 bits per heavy atom. The molecule has 1 atom stereocenters. The molecule has 5 heteroatoms. The Kier molecular flexibility index (Phi) is 3.48. The van der Waals surface area contributed by atoms with Gasteiger partial charge in [0, 0.05) is 6.42 Å². The number of furan rings is 1. The molecule has 0 radical (unpaired) electrons. The highest BCUT2D eigenvalue weighted by Gasteiger charge is 2.17. The van der Waals surface area contributed by atoms with Crippen molar-refractivity contribution >= 4 is 15.9 Å². The molecule has 1 aromatic heterocycles. The molecule has 0 amide bonds. The molecule has 2 aromatic rings. The van der Waals surface area contributed by atoms with Gasteiger partial charge in [-0.3, -0.25) is 0 Å². The first-order valence-electron chi connectivity index (χ1n) is 6.14. The van der Waals surface area contributed by atoms with Crippen LogP contribution >= 0.6 is 15.9 Å². The van der Waals surface area contributed by atoms with Crippen LogP contribution in [0.1, 0.15) is 23.8 Å². The van der Waals surface area contributed by atoms with Gasteiger partial charge in [-0.25, -0.2) is 0 Å². The maximum atomic E-state index is 6.19. The summed E-state index contributed by atoms with van der Waals surface area (Å²) in [6, 6.07) is 9.13. The van der Waals surface area contributed by atoms with E-state index in [9.17, 15) is 0 Å². The predicted molar refractivity (Wildman–Crippen MR) is 74.5 cm³/mol. The van der Waals surface area contributed by atoms with Crippen LogP contribution in [0, 0.1) is 0 Å². The third-order valence-electron chi connectivity index (χ3n) is 3.03. The molecule has 0 fully saturated rings. The molecule has 3 rings (SSSR count). The summed E-state index contributed by atoms with van der Waals surface area (Å²) in [5.74, 6) is 2.23. The quantitative estimate of drug-likeness (QED) is 0.921. The molecule has 100 valence electrons. The minimum Gasteiger partial charge on any atom is -0.490 e. The molecule has 1 aromatic carbocycles. The Morgan fingerprint density at radius 3 is 2.58 bits per heavy atom. The van der Waals surface area contributed by atoms with Gasteiger partial charge in [-0.05, 0) is 45.8 Å². The van der Waals surface area contributed by atoms with Crippen LogP contribution in [0.4, 0.5) is 0 Å². The van der Waals surface area contributed by atoms with Crippen LogP contribution in [0.2, 0.25) is 0 Å². The average molecular weight is 324 g/mol. The molecule has 2 heterocycles. The summed E-state index contributed by atoms with van der Waals surface area (Å²) in [5.41, 5.74) is 7.13. The summed E-state index contributed by atoms with van der Waals surface area (Å²) >= 11 is 3.28. The van der Waals surface area contributed by atoms with Crippen molar-refractivity contribution in [3.05, 3.63) is 46.3 Å². The number of fused-ring (bicyclic) bond motifs is 1. The zero-order valence-electron chi connectivity index (χ0n) is 10.3. The second-order valence-electron chi connectivity index (χ2n) is 4.38. The van der Waals surface area contributed by atoms with Crippen molar-refractivity contribution < 1.29 is 13.9 Å². The molecular formula is C14H14BrNO3. The Morgan fingerprint density at radius 2 is 1.84 bits per heavy atom. The van der Waals surface area contributed by atoms with Crippen molar-refractivity contribution in [2.75, 3.05) is 13.2 Å². The van der Waals surface area contributed by atoms with Gasteiger partial charge < -0.3 is 19.6 Å². The minimum absolute atomic E-state index is 0.316. The zero-order valence-corrected chi connectivity index (χ0v) is 11.9. The van der Waals surface area contributed by atoms with Crippen LogP contribution in [0.5, 0.6) is 11.5 Å². The van der Waals surface area contributed by atoms with Gasteiger partial charge in [0.25, 0.3) is 0 Å². The molecule has 0 saturated carbocycles. The van der Waals surface area contributed by atoms with E-state index in [1.54, 1.807) is 0 Å². The van der Waals surface area contributed by atoms with Gasteiger partial charge in [-0.1, -0.05) is 6.07 Å². The first kappa shape index (κ1) is 12.6. The fourth-order valence-corrected chi connectivity index (χ4v) is 2.35. The second-order valence-corrected chi connectivity index (χ2v) is 5.16. The topological polar surface area (TPSA) is 57.6 Å². The second kappa shape index (κ2) is 5.27. The van der Waals surface area contributed by atoms with E-state index in [-0.39, 0.29) is 6.04 Å². The molecule has 0 aliphatic carbocycles. The molecule has 1 aliphatic heterocycles. The number of rotatable bonds is 2. The average Bonchev–Trinajstić information content (AvgIpc) is 2.72. The Balaban J connectivity index is 1.91. The monoisotopic (exact) mass is 323 g/mol. The standard InChI is InChI=1S/C14H14BrNO3/c15-13-5-4-11(19-13)14(16)9-2-3-10-12(8-9)18-7-1-6-17-10/h2-5,8,14H,1,6-7,16H2. The third kappa shape index (κ3) is 2.62. The summed E-state index contributed by atoms with van der Waals surface area (Å²) in [4.78, 5) is 0. The Bertz CT molecular complexity index is 582. The number of hydrogen-bond acceptors (Lipinski definition) is 4. The van der Waals surface area contributed by atoms with E-state index in [2.05, 4.69) is 15.9 Å². The number of hydrogen-bond donors (Lipinski definition) is 1. The molecule has 1 unspecified atom stereocenters. The number of halogens is 1. The molecule has 4 nitrogen and oxygen atoms in total. The maximum Gasteiger partial charge on any atom is 0.169 e. The van der Waals surface area contributed by atoms with Gasteiger partial charge >= 0.3 is 0 Å². The highest BCUT2D eigenvalue weighted by Crippen LogP contribution is 2.33. The van der Waals surface area contributed by atoms with Crippen molar-refractivity contribution in [1.29, 1.82) is 0 Å². The van der Waals surface area contributed by atoms with Crippen LogP contribution in [-0.2, 0) is 0 Å². The lowest BCUT2D eigenvalue weighted by molar-refractivity contribution is 0.297. The van der Waals surface area contributed by atoms with Crippen molar-refractivity contribution in [3.63, 3.8) is 0 Å². The van der Waals surface area contributed by atoms with E-state index in [0.717, 1.165) is 23.5 Å². The van der Waals surface area contributed by atoms with Gasteiger partial charge in [0.05, 0.1) is 19.3 Å². The first-order chi connectivity index (χ1) is 9.24. The highest BCUT2D eigenvalue weighted by atomic mass is 79.9. The fraction of sp³-hybridized carbons (Fsp3) is 0.286. The molecule has 0 bridgehead atoms. The zero-order chi connectivity index (χ0) is 13.2. The van der Waals surface area contributed by atoms with Crippen LogP contribution in [0.3, 0.4) is 0 Å². The SMILES string of the molecule is NC(c1ccc2c(c1)OCCCO2)c1ccc(Br)o1. The first-order valence-corrected chi connectivity index (χ1v) is 6.94. The smallest absolute Gasteiger partial charge is 0.169 e. The van der Waals surface area contributed by atoms with Gasteiger partial charge in [0.15, 0.2) is 16.2 Å². The number of nitrogens with two attached hydrogens (primary N) is 1. The van der Waals surface area contributed by atoms with E-state index in [1.165, 1.54) is 0 Å². The lowest BCUT2D eigenvalue weighted by atomic mass is 10.0. The summed E-state index contributed by atoms with van der Waals surface area (Å²) in [5, 5.41) is 0. The van der Waals surface area contributed by atoms with E-state index in [1.807, 2.05) is 30.3 Å². The van der Waals surface area contributed by atoms with Crippen LogP contribution in [-0.4, -0.2) is 13.2 Å². The molecule has 2 N–H and O–H groups in total. The lowest BCUT2D eigenvalue weighted by Crippen LogP contribution is -2.11. The van der Waals surface area contributed by atoms with E-state index >= 15 is 0 Å². The van der Waals surface area contributed by atoms with Crippen LogP contribution in [0.25, 0.3) is 0 Å². The predicted octanol–water partition coefficient (Wildman–Crippen LogP) is 3.25. The lowest BCUT2D eigenvalue weighted by Gasteiger charge is -2.13. The molecular weight excluding hydrogens is 310 g/mol. The van der Waals surface area contributed by atoms with Crippen molar-refractivity contribution in [2.24, 2.45) is 5.73 Å². The normalized spacial score (nSPS) is 15.9. The third-order valence-corrected chi connectivity index (χ3v) is 3.46. The van der Waals surface area contributed by atoms with Crippen molar-refractivity contribution in [1.82, 2.24) is 0 Å². The Hall–Kier alpha value is -1.46. The minimum atomic E-state index is -0.316.